The van der Waals surface area contributed by atoms with E-state index in [1.54, 1.807) is 5.57 Å². The number of rotatable bonds is 0. The first-order valence-corrected chi connectivity index (χ1v) is 12.7. The van der Waals surface area contributed by atoms with E-state index in [9.17, 15) is 0 Å². The van der Waals surface area contributed by atoms with Gasteiger partial charge in [-0.15, -0.1) is 0 Å². The fourth-order valence-corrected chi connectivity index (χ4v) is 9.39. The van der Waals surface area contributed by atoms with Crippen LogP contribution in [0.4, 0.5) is 0 Å². The predicted octanol–water partition coefficient (Wildman–Crippen LogP) is 8.50. The third-order valence-electron chi connectivity index (χ3n) is 11.8. The van der Waals surface area contributed by atoms with Gasteiger partial charge in [0.15, 0.2) is 0 Å². The van der Waals surface area contributed by atoms with E-state index in [2.05, 4.69) is 66.7 Å². The molecule has 0 unspecified atom stereocenters. The van der Waals surface area contributed by atoms with Crippen molar-refractivity contribution in [2.75, 3.05) is 0 Å². The molecule has 5 aliphatic rings. The Labute approximate surface area is 180 Å². The first-order valence-electron chi connectivity index (χ1n) is 12.7. The molecule has 0 heterocycles. The van der Waals surface area contributed by atoms with Crippen molar-refractivity contribution in [3.8, 4) is 0 Å². The van der Waals surface area contributed by atoms with Crippen LogP contribution < -0.4 is 0 Å². The fraction of sp³-hybridized carbons (Fsp3) is 0.793. The Morgan fingerprint density at radius 3 is 2.34 bits per heavy atom. The van der Waals surface area contributed by atoms with E-state index in [4.69, 9.17) is 0 Å². The maximum absolute atomic E-state index is 2.69. The van der Waals surface area contributed by atoms with Gasteiger partial charge < -0.3 is 0 Å². The molecule has 0 heteroatoms. The van der Waals surface area contributed by atoms with Gasteiger partial charge in [-0.25, -0.2) is 0 Å². The number of hydrogen-bond donors (Lipinski definition) is 0. The lowest BCUT2D eigenvalue weighted by Crippen LogP contribution is -2.58. The van der Waals surface area contributed by atoms with Crippen molar-refractivity contribution < 1.29 is 0 Å². The molecule has 0 N–H and O–H groups in total. The highest BCUT2D eigenvalue weighted by Crippen LogP contribution is 2.73. The molecule has 0 radical (unpaired) electrons. The highest BCUT2D eigenvalue weighted by atomic mass is 14.7. The molecule has 0 spiro atoms. The molecular formula is C29H44. The maximum Gasteiger partial charge on any atom is -0.00162 e. The van der Waals surface area contributed by atoms with Gasteiger partial charge in [0.1, 0.15) is 0 Å². The molecule has 0 aromatic heterocycles. The zero-order valence-corrected chi connectivity index (χ0v) is 20.2. The van der Waals surface area contributed by atoms with Crippen LogP contribution in [0.1, 0.15) is 99.8 Å². The predicted molar refractivity (Wildman–Crippen MR) is 125 cm³/mol. The molecule has 0 aliphatic heterocycles. The minimum absolute atomic E-state index is 0.349. The molecule has 0 aromatic carbocycles. The highest BCUT2D eigenvalue weighted by molar-refractivity contribution is 5.46. The Bertz CT molecular complexity index is 810. The summed E-state index contributed by atoms with van der Waals surface area (Å²) < 4.78 is 0. The van der Waals surface area contributed by atoms with Crippen molar-refractivity contribution in [2.45, 2.75) is 99.8 Å². The van der Waals surface area contributed by atoms with E-state index in [0.717, 1.165) is 23.7 Å². The summed E-state index contributed by atoms with van der Waals surface area (Å²) in [5, 5.41) is 0. The largest absolute Gasteiger partial charge is 0.0853 e. The van der Waals surface area contributed by atoms with Crippen LogP contribution in [0.15, 0.2) is 34.9 Å². The summed E-state index contributed by atoms with van der Waals surface area (Å²) in [5.74, 6) is 3.26. The molecule has 5 aliphatic carbocycles. The second kappa shape index (κ2) is 6.14. The van der Waals surface area contributed by atoms with Crippen molar-refractivity contribution >= 4 is 0 Å². The normalized spacial score (nSPS) is 54.1. The summed E-state index contributed by atoms with van der Waals surface area (Å²) in [6.07, 6.45) is 19.0. The minimum atomic E-state index is 0.349. The van der Waals surface area contributed by atoms with Crippen LogP contribution in [0.25, 0.3) is 0 Å². The Balaban J connectivity index is 1.66. The molecule has 160 valence electrons. The molecule has 0 bridgehead atoms. The van der Waals surface area contributed by atoms with Crippen LogP contribution >= 0.6 is 0 Å². The van der Waals surface area contributed by atoms with Crippen molar-refractivity contribution in [1.29, 1.82) is 0 Å². The van der Waals surface area contributed by atoms with Gasteiger partial charge in [-0.2, -0.15) is 0 Å². The molecule has 3 fully saturated rings. The van der Waals surface area contributed by atoms with Crippen molar-refractivity contribution in [3.05, 3.63) is 34.9 Å². The summed E-state index contributed by atoms with van der Waals surface area (Å²) in [7, 11) is 0. The zero-order valence-electron chi connectivity index (χ0n) is 20.2. The van der Waals surface area contributed by atoms with Crippen molar-refractivity contribution in [3.63, 3.8) is 0 Å². The van der Waals surface area contributed by atoms with Crippen molar-refractivity contribution in [1.82, 2.24) is 0 Å². The molecule has 0 saturated heterocycles. The van der Waals surface area contributed by atoms with E-state index in [1.165, 1.54) is 51.4 Å². The van der Waals surface area contributed by atoms with Gasteiger partial charge in [0, 0.05) is 0 Å². The van der Waals surface area contributed by atoms with Gasteiger partial charge in [-0.1, -0.05) is 76.5 Å². The van der Waals surface area contributed by atoms with Crippen LogP contribution in [-0.4, -0.2) is 0 Å². The Hall–Kier alpha value is -0.780. The quantitative estimate of drug-likeness (QED) is 0.362. The number of allylic oxidation sites excluding steroid dienone is 6. The molecule has 8 atom stereocenters. The Kier molecular flexibility index (Phi) is 4.26. The topological polar surface area (TPSA) is 0 Å². The highest BCUT2D eigenvalue weighted by Gasteiger charge is 2.63. The monoisotopic (exact) mass is 392 g/mol. The molecule has 3 saturated carbocycles. The molecule has 0 amide bonds. The first-order chi connectivity index (χ1) is 13.6. The third-order valence-corrected chi connectivity index (χ3v) is 11.8. The molecule has 0 aromatic rings. The summed E-state index contributed by atoms with van der Waals surface area (Å²) in [6, 6.07) is 0. The number of fused-ring (bicyclic) bond motifs is 7. The van der Waals surface area contributed by atoms with Crippen LogP contribution in [0.3, 0.4) is 0 Å². The van der Waals surface area contributed by atoms with Gasteiger partial charge in [0.25, 0.3) is 0 Å². The summed E-state index contributed by atoms with van der Waals surface area (Å²) in [6.45, 7) is 18.1. The average Bonchev–Trinajstić information content (AvgIpc) is 2.66. The number of hydrogen-bond acceptors (Lipinski definition) is 0. The van der Waals surface area contributed by atoms with Gasteiger partial charge in [-0.3, -0.25) is 0 Å². The summed E-state index contributed by atoms with van der Waals surface area (Å²) >= 11 is 0. The second-order valence-corrected chi connectivity index (χ2v) is 12.9. The Morgan fingerprint density at radius 2 is 1.59 bits per heavy atom. The molecular weight excluding hydrogens is 348 g/mol. The first kappa shape index (κ1) is 20.1. The lowest BCUT2D eigenvalue weighted by atomic mass is 9.37. The standard InChI is InChI=1S/C29H44/c1-19-12-15-26(4)17-18-28(6)23(25(26)21(19)3)10-11-24-27(5)14-8-9-20(2)22(27)13-16-29(24,28)7/h9-11,19,21-22,25H,8,12-18H2,1-7H3/t19-,21+,22+,25+,26-,27+,28-,29-/m1/s1. The smallest absolute Gasteiger partial charge is 0.00162 e. The zero-order chi connectivity index (χ0) is 20.8. The van der Waals surface area contributed by atoms with E-state index in [-0.39, 0.29) is 0 Å². The van der Waals surface area contributed by atoms with Gasteiger partial charge in [0.05, 0.1) is 0 Å². The van der Waals surface area contributed by atoms with E-state index < -0.39 is 0 Å². The van der Waals surface area contributed by atoms with E-state index >= 15 is 0 Å². The van der Waals surface area contributed by atoms with Crippen LogP contribution in [0.5, 0.6) is 0 Å². The van der Waals surface area contributed by atoms with Gasteiger partial charge in [-0.05, 0) is 104 Å². The van der Waals surface area contributed by atoms with Crippen molar-refractivity contribution in [2.24, 2.45) is 45.3 Å². The summed E-state index contributed by atoms with van der Waals surface area (Å²) in [4.78, 5) is 0. The molecule has 5 rings (SSSR count). The van der Waals surface area contributed by atoms with E-state index in [1.807, 2.05) is 11.1 Å². The average molecular weight is 393 g/mol. The van der Waals surface area contributed by atoms with Crippen LogP contribution in [0, 0.1) is 45.3 Å². The van der Waals surface area contributed by atoms with E-state index in [0.29, 0.717) is 21.7 Å². The molecule has 0 nitrogen and oxygen atoms in total. The van der Waals surface area contributed by atoms with Gasteiger partial charge >= 0.3 is 0 Å². The summed E-state index contributed by atoms with van der Waals surface area (Å²) in [5.41, 5.74) is 6.96. The van der Waals surface area contributed by atoms with Crippen LogP contribution in [-0.2, 0) is 0 Å². The lowest BCUT2D eigenvalue weighted by Gasteiger charge is -2.67. The third kappa shape index (κ3) is 2.38. The SMILES string of the molecule is CC1=CCC[C@]2(C)C3=CC=C4[C@@H]5[C@@H](C)[C@H](C)CC[C@]5(C)CC[C@@]4(C)[C@]3(C)CC[C@@H]12. The molecule has 29 heavy (non-hydrogen) atoms. The van der Waals surface area contributed by atoms with Crippen LogP contribution in [0.2, 0.25) is 0 Å². The van der Waals surface area contributed by atoms with Gasteiger partial charge in [0.2, 0.25) is 0 Å². The Morgan fingerprint density at radius 1 is 0.828 bits per heavy atom. The minimum Gasteiger partial charge on any atom is -0.0853 e. The lowest BCUT2D eigenvalue weighted by molar-refractivity contribution is -0.0568. The second-order valence-electron chi connectivity index (χ2n) is 12.9. The maximum atomic E-state index is 2.69. The fourth-order valence-electron chi connectivity index (χ4n) is 9.39.